The summed E-state index contributed by atoms with van der Waals surface area (Å²) in [7, 11) is 0. The summed E-state index contributed by atoms with van der Waals surface area (Å²) in [4.78, 5) is 8.12. The number of alkyl halides is 2. The molecule has 0 amide bonds. The van der Waals surface area contributed by atoms with Gasteiger partial charge in [0.15, 0.2) is 11.1 Å². The zero-order valence-electron chi connectivity index (χ0n) is 12.2. The quantitative estimate of drug-likeness (QED) is 0.716. The summed E-state index contributed by atoms with van der Waals surface area (Å²) in [6.07, 6.45) is 0.0222. The van der Waals surface area contributed by atoms with Crippen LogP contribution in [-0.4, -0.2) is 28.5 Å². The van der Waals surface area contributed by atoms with E-state index in [4.69, 9.17) is 4.55 Å². The maximum Gasteiger partial charge on any atom is 0.282 e. The highest BCUT2D eigenvalue weighted by Crippen LogP contribution is 2.27. The van der Waals surface area contributed by atoms with E-state index in [1.807, 2.05) is 6.07 Å². The summed E-state index contributed by atoms with van der Waals surface area (Å²) in [5.74, 6) is 0.000883. The third kappa shape index (κ3) is 3.52. The van der Waals surface area contributed by atoms with Crippen molar-refractivity contribution in [3.8, 4) is 17.2 Å². The first kappa shape index (κ1) is 16.3. The second-order valence-electron chi connectivity index (χ2n) is 4.89. The first-order valence-electron chi connectivity index (χ1n) is 6.87. The fraction of sp³-hybridized carbons (Fsp3) is 0.133. The van der Waals surface area contributed by atoms with Crippen molar-refractivity contribution in [1.82, 2.24) is 19.7 Å². The van der Waals surface area contributed by atoms with Gasteiger partial charge in [0, 0.05) is 23.5 Å². The van der Waals surface area contributed by atoms with Gasteiger partial charge in [-0.3, -0.25) is 0 Å². The highest BCUT2D eigenvalue weighted by molar-refractivity contribution is 7.78. The summed E-state index contributed by atoms with van der Waals surface area (Å²) in [5, 5.41) is 3.88. The molecule has 9 heteroatoms. The monoisotopic (exact) mass is 350 g/mol. The molecule has 124 valence electrons. The van der Waals surface area contributed by atoms with E-state index in [1.165, 1.54) is 23.1 Å². The van der Waals surface area contributed by atoms with Crippen molar-refractivity contribution in [2.24, 2.45) is 0 Å². The van der Waals surface area contributed by atoms with Crippen LogP contribution in [0.3, 0.4) is 0 Å². The molecular formula is C15H12F2N4O2S. The highest BCUT2D eigenvalue weighted by Gasteiger charge is 2.18. The van der Waals surface area contributed by atoms with Crippen molar-refractivity contribution in [1.29, 1.82) is 0 Å². The van der Waals surface area contributed by atoms with Crippen molar-refractivity contribution >= 4 is 11.1 Å². The van der Waals surface area contributed by atoms with Crippen LogP contribution in [0.25, 0.3) is 17.2 Å². The molecule has 0 aliphatic rings. The maximum absolute atomic E-state index is 13.0. The lowest BCUT2D eigenvalue weighted by Crippen LogP contribution is -2.06. The minimum Gasteiger partial charge on any atom is -0.306 e. The molecule has 1 unspecified atom stereocenters. The Kier molecular flexibility index (Phi) is 4.72. The third-order valence-electron chi connectivity index (χ3n) is 3.19. The van der Waals surface area contributed by atoms with Gasteiger partial charge in [-0.05, 0) is 6.07 Å². The Hall–Kier alpha value is -2.52. The molecule has 0 aliphatic carbocycles. The average Bonchev–Trinajstić information content (AvgIpc) is 3.01. The molecule has 0 bridgehead atoms. The Bertz CT molecular complexity index is 854. The summed E-state index contributed by atoms with van der Waals surface area (Å²) >= 11 is -2.01. The van der Waals surface area contributed by atoms with Crippen LogP contribution in [0.1, 0.15) is 17.7 Å². The minimum absolute atomic E-state index is 0.104. The van der Waals surface area contributed by atoms with E-state index < -0.39 is 17.5 Å². The smallest absolute Gasteiger partial charge is 0.282 e. The summed E-state index contributed by atoms with van der Waals surface area (Å²) < 4.78 is 46.9. The Morgan fingerprint density at radius 2 is 1.83 bits per heavy atom. The number of halogens is 2. The lowest BCUT2D eigenvalue weighted by Gasteiger charge is -2.06. The molecule has 0 saturated carbocycles. The molecule has 1 atom stereocenters. The van der Waals surface area contributed by atoms with Crippen LogP contribution in [-0.2, 0) is 16.8 Å². The zero-order valence-corrected chi connectivity index (χ0v) is 13.0. The molecule has 2 heterocycles. The molecule has 0 fully saturated rings. The SMILES string of the molecule is O=S(O)Cc1cnc(-n2nc(C(F)F)cc2-c2ccccc2)nc1. The summed E-state index contributed by atoms with van der Waals surface area (Å²) in [6.45, 7) is 0. The Balaban J connectivity index is 2.04. The maximum atomic E-state index is 13.0. The molecule has 0 aliphatic heterocycles. The number of rotatable bonds is 5. The van der Waals surface area contributed by atoms with Crippen LogP contribution in [0.5, 0.6) is 0 Å². The number of nitrogens with zero attached hydrogens (tertiary/aromatic N) is 4. The zero-order chi connectivity index (χ0) is 17.1. The van der Waals surface area contributed by atoms with Gasteiger partial charge in [-0.25, -0.2) is 23.0 Å². The molecule has 24 heavy (non-hydrogen) atoms. The van der Waals surface area contributed by atoms with Gasteiger partial charge in [-0.15, -0.1) is 0 Å². The average molecular weight is 350 g/mol. The number of aromatic nitrogens is 4. The molecule has 0 radical (unpaired) electrons. The van der Waals surface area contributed by atoms with Gasteiger partial charge in [-0.1, -0.05) is 30.3 Å². The largest absolute Gasteiger partial charge is 0.306 e. The summed E-state index contributed by atoms with van der Waals surface area (Å²) in [5.41, 5.74) is 1.21. The van der Waals surface area contributed by atoms with Crippen LogP contribution in [0.2, 0.25) is 0 Å². The van der Waals surface area contributed by atoms with Crippen molar-refractivity contribution in [2.75, 3.05) is 0 Å². The van der Waals surface area contributed by atoms with Crippen LogP contribution in [0.4, 0.5) is 8.78 Å². The second kappa shape index (κ2) is 6.93. The van der Waals surface area contributed by atoms with E-state index in [0.717, 1.165) is 0 Å². The van der Waals surface area contributed by atoms with E-state index >= 15 is 0 Å². The van der Waals surface area contributed by atoms with E-state index in [1.54, 1.807) is 24.3 Å². The van der Waals surface area contributed by atoms with Crippen molar-refractivity contribution in [3.05, 3.63) is 60.0 Å². The normalized spacial score (nSPS) is 12.5. The Morgan fingerprint density at radius 1 is 1.17 bits per heavy atom. The third-order valence-corrected chi connectivity index (χ3v) is 3.77. The topological polar surface area (TPSA) is 80.9 Å². The van der Waals surface area contributed by atoms with Crippen LogP contribution < -0.4 is 0 Å². The number of benzene rings is 1. The molecule has 3 rings (SSSR count). The number of hydrogen-bond acceptors (Lipinski definition) is 4. The van der Waals surface area contributed by atoms with Crippen LogP contribution >= 0.6 is 0 Å². The lowest BCUT2D eigenvalue weighted by atomic mass is 10.1. The van der Waals surface area contributed by atoms with Gasteiger partial charge >= 0.3 is 0 Å². The second-order valence-corrected chi connectivity index (χ2v) is 5.82. The lowest BCUT2D eigenvalue weighted by molar-refractivity contribution is 0.145. The summed E-state index contributed by atoms with van der Waals surface area (Å²) in [6, 6.07) is 10.2. The first-order chi connectivity index (χ1) is 11.5. The Labute approximate surface area is 138 Å². The Morgan fingerprint density at radius 3 is 2.42 bits per heavy atom. The van der Waals surface area contributed by atoms with Gasteiger partial charge in [0.1, 0.15) is 5.69 Å². The van der Waals surface area contributed by atoms with Crippen LogP contribution in [0, 0.1) is 0 Å². The minimum atomic E-state index is -2.72. The molecule has 2 aromatic heterocycles. The standard InChI is InChI=1S/C15H12F2N4O2S/c16-14(17)12-6-13(11-4-2-1-3-5-11)21(20-12)15-18-7-10(8-19-15)9-24(22)23/h1-8,14H,9H2,(H,22,23). The first-order valence-corrected chi connectivity index (χ1v) is 8.14. The van der Waals surface area contributed by atoms with Crippen molar-refractivity contribution in [3.63, 3.8) is 0 Å². The predicted molar refractivity (Wildman–Crippen MR) is 84.0 cm³/mol. The molecule has 0 spiro atoms. The fourth-order valence-electron chi connectivity index (χ4n) is 2.15. The molecule has 0 saturated heterocycles. The fourth-order valence-corrected chi connectivity index (χ4v) is 2.58. The molecule has 1 aromatic carbocycles. The number of hydrogen-bond donors (Lipinski definition) is 1. The molecule has 6 nitrogen and oxygen atoms in total. The van der Waals surface area contributed by atoms with Gasteiger partial charge < -0.3 is 4.55 Å². The van der Waals surface area contributed by atoms with E-state index in [9.17, 15) is 13.0 Å². The van der Waals surface area contributed by atoms with E-state index in [0.29, 0.717) is 16.8 Å². The predicted octanol–water partition coefficient (Wildman–Crippen LogP) is 2.99. The molecular weight excluding hydrogens is 338 g/mol. The molecule has 1 N–H and O–H groups in total. The van der Waals surface area contributed by atoms with Gasteiger partial charge in [0.2, 0.25) is 0 Å². The molecule has 3 aromatic rings. The van der Waals surface area contributed by atoms with Crippen molar-refractivity contribution < 1.29 is 17.5 Å². The van der Waals surface area contributed by atoms with Crippen molar-refractivity contribution in [2.45, 2.75) is 12.2 Å². The van der Waals surface area contributed by atoms with E-state index in [-0.39, 0.29) is 17.4 Å². The van der Waals surface area contributed by atoms with Crippen LogP contribution in [0.15, 0.2) is 48.8 Å². The van der Waals surface area contributed by atoms with Gasteiger partial charge in [0.05, 0.1) is 11.4 Å². The van der Waals surface area contributed by atoms with Gasteiger partial charge in [-0.2, -0.15) is 9.78 Å². The van der Waals surface area contributed by atoms with E-state index in [2.05, 4.69) is 15.1 Å². The highest BCUT2D eigenvalue weighted by atomic mass is 32.2. The van der Waals surface area contributed by atoms with Gasteiger partial charge in [0.25, 0.3) is 12.4 Å².